The highest BCUT2D eigenvalue weighted by molar-refractivity contribution is 5.96. The number of hydrogen-bond acceptors (Lipinski definition) is 3. The van der Waals surface area contributed by atoms with Crippen molar-refractivity contribution in [3.63, 3.8) is 0 Å². The quantitative estimate of drug-likeness (QED) is 0.935. The molecule has 0 atom stereocenters. The van der Waals surface area contributed by atoms with Crippen molar-refractivity contribution in [2.45, 2.75) is 25.8 Å². The van der Waals surface area contributed by atoms with Gasteiger partial charge in [0.25, 0.3) is 0 Å². The number of nitrogen functional groups attached to an aromatic ring is 1. The summed E-state index contributed by atoms with van der Waals surface area (Å²) in [6, 6.07) is 6.35. The van der Waals surface area contributed by atoms with Crippen molar-refractivity contribution in [3.8, 4) is 0 Å². The van der Waals surface area contributed by atoms with Gasteiger partial charge in [0, 0.05) is 31.4 Å². The van der Waals surface area contributed by atoms with Gasteiger partial charge in [-0.1, -0.05) is 0 Å². The SMILES string of the molecule is Nc1ccn(CCCN2C(=O)CCc3cc(F)ccc32)n1. The van der Waals surface area contributed by atoms with Crippen LogP contribution in [0.25, 0.3) is 0 Å². The van der Waals surface area contributed by atoms with Gasteiger partial charge in [-0.05, 0) is 42.7 Å². The van der Waals surface area contributed by atoms with E-state index in [2.05, 4.69) is 5.10 Å². The van der Waals surface area contributed by atoms with Gasteiger partial charge in [0.2, 0.25) is 5.91 Å². The Balaban J connectivity index is 1.68. The van der Waals surface area contributed by atoms with Gasteiger partial charge in [-0.3, -0.25) is 9.48 Å². The molecule has 1 aliphatic heterocycles. The fourth-order valence-corrected chi connectivity index (χ4v) is 2.67. The molecule has 0 fully saturated rings. The van der Waals surface area contributed by atoms with Gasteiger partial charge < -0.3 is 10.6 Å². The molecule has 2 aromatic rings. The van der Waals surface area contributed by atoms with Crippen LogP contribution in [-0.4, -0.2) is 22.2 Å². The number of anilines is 2. The van der Waals surface area contributed by atoms with Crippen molar-refractivity contribution < 1.29 is 9.18 Å². The van der Waals surface area contributed by atoms with Gasteiger partial charge in [-0.15, -0.1) is 0 Å². The van der Waals surface area contributed by atoms with Crippen LogP contribution in [0, 0.1) is 5.82 Å². The zero-order chi connectivity index (χ0) is 14.8. The van der Waals surface area contributed by atoms with Crippen LogP contribution in [0.2, 0.25) is 0 Å². The second-order valence-corrected chi connectivity index (χ2v) is 5.18. The number of amides is 1. The lowest BCUT2D eigenvalue weighted by molar-refractivity contribution is -0.118. The Kier molecular flexibility index (Phi) is 3.60. The standard InChI is InChI=1S/C15H17FN4O/c16-12-3-4-13-11(10-12)2-5-15(21)20(13)8-1-7-19-9-6-14(17)18-19/h3-4,6,9-10H,1-2,5,7-8H2,(H2,17,18). The van der Waals surface area contributed by atoms with Crippen molar-refractivity contribution in [1.29, 1.82) is 0 Å². The number of rotatable bonds is 4. The number of fused-ring (bicyclic) bond motifs is 1. The monoisotopic (exact) mass is 288 g/mol. The van der Waals surface area contributed by atoms with Gasteiger partial charge in [-0.25, -0.2) is 4.39 Å². The average molecular weight is 288 g/mol. The maximum absolute atomic E-state index is 13.3. The first-order chi connectivity index (χ1) is 10.1. The Labute approximate surface area is 122 Å². The Morgan fingerprint density at radius 2 is 2.10 bits per heavy atom. The summed E-state index contributed by atoms with van der Waals surface area (Å²) in [5, 5.41) is 4.11. The zero-order valence-electron chi connectivity index (χ0n) is 11.6. The van der Waals surface area contributed by atoms with Crippen molar-refractivity contribution in [2.75, 3.05) is 17.2 Å². The number of halogens is 1. The number of aryl methyl sites for hydroxylation is 2. The zero-order valence-corrected chi connectivity index (χ0v) is 11.6. The fourth-order valence-electron chi connectivity index (χ4n) is 2.67. The number of nitrogens with two attached hydrogens (primary N) is 1. The average Bonchev–Trinajstić information content (AvgIpc) is 2.87. The number of carbonyl (C=O) groups is 1. The molecule has 3 rings (SSSR count). The van der Waals surface area contributed by atoms with E-state index in [1.165, 1.54) is 12.1 Å². The minimum atomic E-state index is -0.255. The van der Waals surface area contributed by atoms with Crippen molar-refractivity contribution >= 4 is 17.4 Å². The van der Waals surface area contributed by atoms with Gasteiger partial charge in [0.15, 0.2) is 0 Å². The summed E-state index contributed by atoms with van der Waals surface area (Å²) in [5.74, 6) is 0.328. The molecule has 110 valence electrons. The van der Waals surface area contributed by atoms with E-state index in [0.717, 1.165) is 17.7 Å². The van der Waals surface area contributed by atoms with Gasteiger partial charge in [-0.2, -0.15) is 5.10 Å². The lowest BCUT2D eigenvalue weighted by Gasteiger charge is -2.29. The molecule has 5 nitrogen and oxygen atoms in total. The summed E-state index contributed by atoms with van der Waals surface area (Å²) in [6.07, 6.45) is 3.63. The first kappa shape index (κ1) is 13.6. The molecule has 0 aliphatic carbocycles. The van der Waals surface area contributed by atoms with Crippen LogP contribution in [0.4, 0.5) is 15.9 Å². The number of aromatic nitrogens is 2. The van der Waals surface area contributed by atoms with Crippen molar-refractivity contribution in [2.24, 2.45) is 0 Å². The molecular formula is C15H17FN4O. The molecule has 1 aromatic carbocycles. The summed E-state index contributed by atoms with van der Waals surface area (Å²) < 4.78 is 15.0. The van der Waals surface area contributed by atoms with E-state index in [0.29, 0.717) is 31.7 Å². The molecule has 1 aromatic heterocycles. The molecule has 6 heteroatoms. The molecule has 1 amide bonds. The minimum Gasteiger partial charge on any atom is -0.382 e. The second-order valence-electron chi connectivity index (χ2n) is 5.18. The van der Waals surface area contributed by atoms with Crippen LogP contribution in [0.3, 0.4) is 0 Å². The largest absolute Gasteiger partial charge is 0.382 e. The van der Waals surface area contributed by atoms with Gasteiger partial charge in [0.1, 0.15) is 11.6 Å². The lowest BCUT2D eigenvalue weighted by Crippen LogP contribution is -2.36. The molecule has 0 radical (unpaired) electrons. The number of carbonyl (C=O) groups excluding carboxylic acids is 1. The van der Waals surface area contributed by atoms with Crippen LogP contribution in [0.5, 0.6) is 0 Å². The molecule has 0 saturated carbocycles. The maximum atomic E-state index is 13.3. The summed E-state index contributed by atoms with van der Waals surface area (Å²) in [5.41, 5.74) is 7.29. The van der Waals surface area contributed by atoms with E-state index >= 15 is 0 Å². The van der Waals surface area contributed by atoms with Crippen LogP contribution >= 0.6 is 0 Å². The summed E-state index contributed by atoms with van der Waals surface area (Å²) >= 11 is 0. The molecule has 2 heterocycles. The third-order valence-corrected chi connectivity index (χ3v) is 3.67. The number of hydrogen-bond donors (Lipinski definition) is 1. The summed E-state index contributed by atoms with van der Waals surface area (Å²) in [4.78, 5) is 13.8. The van der Waals surface area contributed by atoms with E-state index in [9.17, 15) is 9.18 Å². The second kappa shape index (κ2) is 5.55. The smallest absolute Gasteiger partial charge is 0.227 e. The first-order valence-corrected chi connectivity index (χ1v) is 7.01. The third kappa shape index (κ3) is 2.89. The Morgan fingerprint density at radius 3 is 2.86 bits per heavy atom. The minimum absolute atomic E-state index is 0.0917. The topological polar surface area (TPSA) is 64.2 Å². The maximum Gasteiger partial charge on any atom is 0.227 e. The van der Waals surface area contributed by atoms with Crippen molar-refractivity contribution in [3.05, 3.63) is 41.8 Å². The van der Waals surface area contributed by atoms with E-state index < -0.39 is 0 Å². The van der Waals surface area contributed by atoms with Gasteiger partial charge in [0.05, 0.1) is 0 Å². The number of benzene rings is 1. The predicted octanol–water partition coefficient (Wildman–Crippen LogP) is 1.97. The fraction of sp³-hybridized carbons (Fsp3) is 0.333. The lowest BCUT2D eigenvalue weighted by atomic mass is 10.0. The Hall–Kier alpha value is -2.37. The normalized spacial score (nSPS) is 14.3. The van der Waals surface area contributed by atoms with E-state index in [4.69, 9.17) is 5.73 Å². The molecule has 0 spiro atoms. The molecule has 0 bridgehead atoms. The highest BCUT2D eigenvalue weighted by Gasteiger charge is 2.23. The third-order valence-electron chi connectivity index (χ3n) is 3.67. The Morgan fingerprint density at radius 1 is 1.24 bits per heavy atom. The van der Waals surface area contributed by atoms with Crippen LogP contribution in [0.1, 0.15) is 18.4 Å². The molecule has 1 aliphatic rings. The van der Waals surface area contributed by atoms with Crippen LogP contribution < -0.4 is 10.6 Å². The van der Waals surface area contributed by atoms with Crippen LogP contribution in [0.15, 0.2) is 30.5 Å². The highest BCUT2D eigenvalue weighted by Crippen LogP contribution is 2.28. The molecular weight excluding hydrogens is 271 g/mol. The summed E-state index contributed by atoms with van der Waals surface area (Å²) in [7, 11) is 0. The molecule has 0 saturated heterocycles. The molecule has 2 N–H and O–H groups in total. The van der Waals surface area contributed by atoms with E-state index in [-0.39, 0.29) is 11.7 Å². The van der Waals surface area contributed by atoms with E-state index in [1.807, 2.05) is 6.20 Å². The molecule has 0 unspecified atom stereocenters. The highest BCUT2D eigenvalue weighted by atomic mass is 19.1. The van der Waals surface area contributed by atoms with Crippen molar-refractivity contribution in [1.82, 2.24) is 9.78 Å². The summed E-state index contributed by atoms with van der Waals surface area (Å²) in [6.45, 7) is 1.29. The predicted molar refractivity (Wildman–Crippen MR) is 78.3 cm³/mol. The molecule has 21 heavy (non-hydrogen) atoms. The van der Waals surface area contributed by atoms with E-state index in [1.54, 1.807) is 21.7 Å². The van der Waals surface area contributed by atoms with Gasteiger partial charge >= 0.3 is 0 Å². The van der Waals surface area contributed by atoms with Crippen LogP contribution in [-0.2, 0) is 17.8 Å². The first-order valence-electron chi connectivity index (χ1n) is 7.01. The number of nitrogens with zero attached hydrogens (tertiary/aromatic N) is 3. The Bertz CT molecular complexity index is 667.